The van der Waals surface area contributed by atoms with Crippen LogP contribution in [-0.2, 0) is 16.0 Å². The van der Waals surface area contributed by atoms with E-state index in [0.29, 0.717) is 5.56 Å². The van der Waals surface area contributed by atoms with Gasteiger partial charge >= 0.3 is 11.9 Å². The van der Waals surface area contributed by atoms with Crippen molar-refractivity contribution in [2.45, 2.75) is 79.6 Å². The summed E-state index contributed by atoms with van der Waals surface area (Å²) in [7, 11) is 0. The Bertz CT molecular complexity index is 751. The normalized spacial score (nSPS) is 12.1. The zero-order valence-corrected chi connectivity index (χ0v) is 18.3. The SMILES string of the molecule is CC(C)CC(=O)c1ccc(CN)c(C(=O)OC(C)(C)C)c1C(=O)OC(C)(C)C. The van der Waals surface area contributed by atoms with Crippen LogP contribution in [0.15, 0.2) is 12.1 Å². The number of hydrogen-bond donors (Lipinski definition) is 1. The van der Waals surface area contributed by atoms with E-state index in [0.717, 1.165) is 0 Å². The van der Waals surface area contributed by atoms with E-state index in [1.165, 1.54) is 0 Å². The maximum absolute atomic E-state index is 13.0. The number of carbonyl (C=O) groups excluding carboxylic acids is 3. The van der Waals surface area contributed by atoms with E-state index in [9.17, 15) is 14.4 Å². The van der Waals surface area contributed by atoms with Gasteiger partial charge in [0.1, 0.15) is 11.2 Å². The molecule has 1 aromatic carbocycles. The second-order valence-corrected chi connectivity index (χ2v) is 9.25. The Hall–Kier alpha value is -2.21. The summed E-state index contributed by atoms with van der Waals surface area (Å²) in [5.41, 5.74) is 4.76. The largest absolute Gasteiger partial charge is 0.456 e. The average Bonchev–Trinajstić information content (AvgIpc) is 2.49. The maximum atomic E-state index is 13.0. The Kier molecular flexibility index (Phi) is 7.54. The highest BCUT2D eigenvalue weighted by atomic mass is 16.6. The van der Waals surface area contributed by atoms with Gasteiger partial charge in [-0.25, -0.2) is 9.59 Å². The van der Waals surface area contributed by atoms with E-state index in [-0.39, 0.29) is 41.4 Å². The first-order valence-electron chi connectivity index (χ1n) is 9.52. The van der Waals surface area contributed by atoms with Gasteiger partial charge in [-0.05, 0) is 53.0 Å². The molecular weight excluding hydrogens is 358 g/mol. The molecule has 0 radical (unpaired) electrons. The predicted molar refractivity (Wildman–Crippen MR) is 108 cm³/mol. The molecule has 28 heavy (non-hydrogen) atoms. The standard InChI is InChI=1S/C22H33NO5/c1-13(2)11-16(24)15-10-9-14(12-23)17(19(25)27-21(3,4)5)18(15)20(26)28-22(6,7)8/h9-10,13H,11-12,23H2,1-8H3. The van der Waals surface area contributed by atoms with E-state index in [1.54, 1.807) is 53.7 Å². The van der Waals surface area contributed by atoms with Crippen molar-refractivity contribution in [1.29, 1.82) is 0 Å². The molecule has 0 saturated heterocycles. The molecule has 0 amide bonds. The quantitative estimate of drug-likeness (QED) is 0.574. The van der Waals surface area contributed by atoms with Gasteiger partial charge in [0.05, 0.1) is 11.1 Å². The molecular formula is C22H33NO5. The molecule has 6 heteroatoms. The number of nitrogens with two attached hydrogens (primary N) is 1. The minimum absolute atomic E-state index is 0.00119. The summed E-state index contributed by atoms with van der Waals surface area (Å²) < 4.78 is 11.0. The lowest BCUT2D eigenvalue weighted by molar-refractivity contribution is 0.00167. The molecule has 0 atom stereocenters. The molecule has 0 aliphatic heterocycles. The second kappa shape index (κ2) is 8.86. The van der Waals surface area contributed by atoms with Crippen LogP contribution in [0.25, 0.3) is 0 Å². The number of Topliss-reactive ketones (excluding diaryl/α,β-unsaturated/α-hetero) is 1. The van der Waals surface area contributed by atoms with Crippen LogP contribution in [0.1, 0.15) is 98.4 Å². The number of ketones is 1. The highest BCUT2D eigenvalue weighted by Crippen LogP contribution is 2.27. The van der Waals surface area contributed by atoms with Gasteiger partial charge in [0.25, 0.3) is 0 Å². The van der Waals surface area contributed by atoms with Gasteiger partial charge in [-0.2, -0.15) is 0 Å². The zero-order valence-electron chi connectivity index (χ0n) is 18.3. The first-order chi connectivity index (χ1) is 12.7. The van der Waals surface area contributed by atoms with Crippen molar-refractivity contribution >= 4 is 17.7 Å². The first-order valence-corrected chi connectivity index (χ1v) is 9.52. The fourth-order valence-corrected chi connectivity index (χ4v) is 2.63. The van der Waals surface area contributed by atoms with Gasteiger partial charge < -0.3 is 15.2 Å². The van der Waals surface area contributed by atoms with Gasteiger partial charge in [0.15, 0.2) is 5.78 Å². The molecule has 0 heterocycles. The van der Waals surface area contributed by atoms with Gasteiger partial charge in [0, 0.05) is 18.5 Å². The highest BCUT2D eigenvalue weighted by Gasteiger charge is 2.32. The molecule has 0 spiro atoms. The van der Waals surface area contributed by atoms with Crippen molar-refractivity contribution < 1.29 is 23.9 Å². The van der Waals surface area contributed by atoms with E-state index < -0.39 is 23.1 Å². The number of esters is 2. The van der Waals surface area contributed by atoms with E-state index >= 15 is 0 Å². The van der Waals surface area contributed by atoms with Crippen molar-refractivity contribution in [3.8, 4) is 0 Å². The first kappa shape index (κ1) is 23.8. The molecule has 0 bridgehead atoms. The number of ether oxygens (including phenoxy) is 2. The smallest absolute Gasteiger partial charge is 0.340 e. The van der Waals surface area contributed by atoms with Crippen molar-refractivity contribution in [3.05, 3.63) is 34.4 Å². The molecule has 0 saturated carbocycles. The molecule has 0 aliphatic rings. The summed E-state index contributed by atoms with van der Waals surface area (Å²) >= 11 is 0. The van der Waals surface area contributed by atoms with Crippen molar-refractivity contribution in [3.63, 3.8) is 0 Å². The molecule has 0 unspecified atom stereocenters. The molecule has 6 nitrogen and oxygen atoms in total. The Labute approximate surface area is 167 Å². The molecule has 0 aliphatic carbocycles. The number of carbonyl (C=O) groups is 3. The van der Waals surface area contributed by atoms with Gasteiger partial charge in [-0.15, -0.1) is 0 Å². The molecule has 1 rings (SSSR count). The number of benzene rings is 1. The Morgan fingerprint density at radius 2 is 1.36 bits per heavy atom. The van der Waals surface area contributed by atoms with Crippen LogP contribution in [0, 0.1) is 5.92 Å². The van der Waals surface area contributed by atoms with Crippen LogP contribution < -0.4 is 5.73 Å². The lowest BCUT2D eigenvalue weighted by Crippen LogP contribution is -2.30. The van der Waals surface area contributed by atoms with Crippen molar-refractivity contribution in [2.24, 2.45) is 11.7 Å². The van der Waals surface area contributed by atoms with Crippen LogP contribution >= 0.6 is 0 Å². The Balaban J connectivity index is 3.70. The van der Waals surface area contributed by atoms with Crippen LogP contribution in [0.5, 0.6) is 0 Å². The van der Waals surface area contributed by atoms with Gasteiger partial charge in [-0.1, -0.05) is 26.0 Å². The third kappa shape index (κ3) is 6.75. The van der Waals surface area contributed by atoms with Crippen LogP contribution in [0.4, 0.5) is 0 Å². The van der Waals surface area contributed by atoms with Crippen LogP contribution in [-0.4, -0.2) is 28.9 Å². The lowest BCUT2D eigenvalue weighted by Gasteiger charge is -2.25. The van der Waals surface area contributed by atoms with E-state index in [2.05, 4.69) is 0 Å². The minimum atomic E-state index is -0.792. The highest BCUT2D eigenvalue weighted by molar-refractivity contribution is 6.13. The fourth-order valence-electron chi connectivity index (χ4n) is 2.63. The van der Waals surface area contributed by atoms with Gasteiger partial charge in [-0.3, -0.25) is 4.79 Å². The molecule has 0 fully saturated rings. The monoisotopic (exact) mass is 391 g/mol. The number of rotatable bonds is 6. The van der Waals surface area contributed by atoms with Crippen LogP contribution in [0.3, 0.4) is 0 Å². The second-order valence-electron chi connectivity index (χ2n) is 9.25. The van der Waals surface area contributed by atoms with E-state index in [4.69, 9.17) is 15.2 Å². The maximum Gasteiger partial charge on any atom is 0.340 e. The summed E-state index contributed by atoms with van der Waals surface area (Å²) in [6.07, 6.45) is 0.242. The fraction of sp³-hybridized carbons (Fsp3) is 0.591. The summed E-state index contributed by atoms with van der Waals surface area (Å²) in [4.78, 5) is 38.8. The minimum Gasteiger partial charge on any atom is -0.456 e. The zero-order chi connectivity index (χ0) is 21.9. The Morgan fingerprint density at radius 1 is 0.893 bits per heavy atom. The summed E-state index contributed by atoms with van der Waals surface area (Å²) in [5, 5.41) is 0. The molecule has 0 aromatic heterocycles. The Morgan fingerprint density at radius 3 is 1.75 bits per heavy atom. The molecule has 156 valence electrons. The third-order valence-corrected chi connectivity index (χ3v) is 3.61. The van der Waals surface area contributed by atoms with Crippen LogP contribution in [0.2, 0.25) is 0 Å². The van der Waals surface area contributed by atoms with Crippen molar-refractivity contribution in [2.75, 3.05) is 0 Å². The molecule has 2 N–H and O–H groups in total. The van der Waals surface area contributed by atoms with Crippen molar-refractivity contribution in [1.82, 2.24) is 0 Å². The summed E-state index contributed by atoms with van der Waals surface area (Å²) in [6.45, 7) is 14.2. The lowest BCUT2D eigenvalue weighted by atomic mass is 9.90. The van der Waals surface area contributed by atoms with Gasteiger partial charge in [0.2, 0.25) is 0 Å². The average molecular weight is 392 g/mol. The summed E-state index contributed by atoms with van der Waals surface area (Å²) in [6, 6.07) is 3.14. The topological polar surface area (TPSA) is 95.7 Å². The number of hydrogen-bond acceptors (Lipinski definition) is 6. The van der Waals surface area contributed by atoms with E-state index in [1.807, 2.05) is 13.8 Å². The summed E-state index contributed by atoms with van der Waals surface area (Å²) in [5.74, 6) is -1.58. The molecule has 1 aromatic rings. The predicted octanol–water partition coefficient (Wildman–Crippen LogP) is 4.28. The third-order valence-electron chi connectivity index (χ3n) is 3.61.